The molecule has 3 aromatic carbocycles. The molecule has 4 rings (SSSR count). The summed E-state index contributed by atoms with van der Waals surface area (Å²) in [6, 6.07) is 23.7. The average molecular weight is 446 g/mol. The van der Waals surface area contributed by atoms with Gasteiger partial charge in [0.25, 0.3) is 5.91 Å². The topological polar surface area (TPSA) is 84.7 Å². The van der Waals surface area contributed by atoms with E-state index in [0.717, 1.165) is 15.8 Å². The van der Waals surface area contributed by atoms with Gasteiger partial charge < -0.3 is 5.73 Å². The van der Waals surface area contributed by atoms with Crippen LogP contribution in [-0.2, 0) is 12.6 Å². The lowest BCUT2D eigenvalue weighted by Gasteiger charge is -2.10. The minimum Gasteiger partial charge on any atom is -0.364 e. The monoisotopic (exact) mass is 446 g/mol. The average Bonchev–Trinajstić information content (AvgIpc) is 3.22. The largest absolute Gasteiger partial charge is 0.435 e. The first-order chi connectivity index (χ1) is 15.8. The number of primary amides is 1. The molecule has 4 aromatic rings. The van der Waals surface area contributed by atoms with E-state index in [9.17, 15) is 18.0 Å². The maximum Gasteiger partial charge on any atom is 0.435 e. The Bertz CT molecular complexity index is 1370. The van der Waals surface area contributed by atoms with Crippen LogP contribution in [0.1, 0.15) is 32.9 Å². The highest BCUT2D eigenvalue weighted by atomic mass is 19.4. The molecule has 1 heterocycles. The minimum atomic E-state index is -4.84. The fraction of sp³-hybridized carbons (Fsp3) is 0.0800. The molecule has 0 saturated carbocycles. The summed E-state index contributed by atoms with van der Waals surface area (Å²) in [5, 5.41) is 12.9. The lowest BCUT2D eigenvalue weighted by molar-refractivity contribution is -0.140. The summed E-state index contributed by atoms with van der Waals surface area (Å²) in [4.78, 5) is 12.4. The summed E-state index contributed by atoms with van der Waals surface area (Å²) >= 11 is 0. The number of halogens is 3. The number of carbonyl (C=O) groups is 1. The van der Waals surface area contributed by atoms with E-state index in [4.69, 9.17) is 11.0 Å². The fourth-order valence-electron chi connectivity index (χ4n) is 3.68. The highest BCUT2D eigenvalue weighted by Gasteiger charge is 2.41. The summed E-state index contributed by atoms with van der Waals surface area (Å²) in [6.45, 7) is 0. The van der Waals surface area contributed by atoms with Crippen molar-refractivity contribution >= 4 is 5.91 Å². The molecule has 0 bridgehead atoms. The molecular weight excluding hydrogens is 429 g/mol. The van der Waals surface area contributed by atoms with Crippen LogP contribution in [0, 0.1) is 11.3 Å². The standard InChI is InChI=1S/C25H17F3N4O/c26-25(27,28)23-21(19-10-4-8-17(13-19)12-16-6-2-1-3-7-16)22(24(30)33)32(31-23)20-11-5-9-18(14-20)15-29/h1-11,13-14H,12H2,(H2,30,33). The smallest absolute Gasteiger partial charge is 0.364 e. The number of aromatic nitrogens is 2. The summed E-state index contributed by atoms with van der Waals surface area (Å²) in [5.41, 5.74) is 5.78. The van der Waals surface area contributed by atoms with E-state index < -0.39 is 29.0 Å². The molecule has 33 heavy (non-hydrogen) atoms. The SMILES string of the molecule is N#Cc1cccc(-n2nc(C(F)(F)F)c(-c3cccc(Cc4ccccc4)c3)c2C(N)=O)c1. The lowest BCUT2D eigenvalue weighted by Crippen LogP contribution is -2.18. The van der Waals surface area contributed by atoms with Crippen molar-refractivity contribution in [3.8, 4) is 22.9 Å². The Labute approximate surface area is 187 Å². The molecule has 5 nitrogen and oxygen atoms in total. The van der Waals surface area contributed by atoms with Crippen LogP contribution in [0.15, 0.2) is 78.9 Å². The van der Waals surface area contributed by atoms with E-state index in [-0.39, 0.29) is 16.8 Å². The van der Waals surface area contributed by atoms with Crippen LogP contribution in [0.4, 0.5) is 13.2 Å². The molecule has 2 N–H and O–H groups in total. The lowest BCUT2D eigenvalue weighted by atomic mass is 9.97. The van der Waals surface area contributed by atoms with Gasteiger partial charge in [0, 0.05) is 5.56 Å². The van der Waals surface area contributed by atoms with E-state index in [0.29, 0.717) is 6.42 Å². The third-order valence-electron chi connectivity index (χ3n) is 5.07. The zero-order chi connectivity index (χ0) is 23.6. The zero-order valence-corrected chi connectivity index (χ0v) is 17.2. The Morgan fingerprint density at radius 2 is 1.67 bits per heavy atom. The molecule has 0 atom stereocenters. The molecule has 164 valence electrons. The Morgan fingerprint density at radius 1 is 0.970 bits per heavy atom. The maximum absolute atomic E-state index is 14.0. The minimum absolute atomic E-state index is 0.125. The fourth-order valence-corrected chi connectivity index (χ4v) is 3.68. The Kier molecular flexibility index (Phi) is 5.71. The van der Waals surface area contributed by atoms with Gasteiger partial charge in [0.1, 0.15) is 5.69 Å². The van der Waals surface area contributed by atoms with Crippen LogP contribution >= 0.6 is 0 Å². The van der Waals surface area contributed by atoms with E-state index in [2.05, 4.69) is 5.10 Å². The second kappa shape index (κ2) is 8.63. The maximum atomic E-state index is 14.0. The molecule has 1 amide bonds. The predicted octanol–water partition coefficient (Wildman–Crippen LogP) is 5.12. The van der Waals surface area contributed by atoms with E-state index in [1.165, 1.54) is 30.3 Å². The van der Waals surface area contributed by atoms with Gasteiger partial charge in [-0.15, -0.1) is 0 Å². The van der Waals surface area contributed by atoms with Gasteiger partial charge in [-0.25, -0.2) is 4.68 Å². The molecule has 0 aliphatic carbocycles. The quantitative estimate of drug-likeness (QED) is 0.462. The molecular formula is C25H17F3N4O. The Morgan fingerprint density at radius 3 is 2.33 bits per heavy atom. The third kappa shape index (κ3) is 4.48. The molecule has 0 saturated heterocycles. The summed E-state index contributed by atoms with van der Waals surface area (Å²) in [5.74, 6) is -1.07. The van der Waals surface area contributed by atoms with Crippen molar-refractivity contribution in [2.75, 3.05) is 0 Å². The van der Waals surface area contributed by atoms with E-state index in [1.54, 1.807) is 18.2 Å². The number of hydrogen-bond acceptors (Lipinski definition) is 3. The predicted molar refractivity (Wildman–Crippen MR) is 116 cm³/mol. The van der Waals surface area contributed by atoms with Crippen molar-refractivity contribution in [2.24, 2.45) is 5.73 Å². The van der Waals surface area contributed by atoms with Gasteiger partial charge in [-0.05, 0) is 41.3 Å². The van der Waals surface area contributed by atoms with Gasteiger partial charge in [-0.1, -0.05) is 60.7 Å². The second-order valence-electron chi connectivity index (χ2n) is 7.37. The number of benzene rings is 3. The Balaban J connectivity index is 1.92. The number of alkyl halides is 3. The first kappa shape index (κ1) is 21.8. The van der Waals surface area contributed by atoms with Gasteiger partial charge in [0.15, 0.2) is 5.69 Å². The van der Waals surface area contributed by atoms with Crippen molar-refractivity contribution in [3.63, 3.8) is 0 Å². The van der Waals surface area contributed by atoms with Crippen LogP contribution in [-0.4, -0.2) is 15.7 Å². The van der Waals surface area contributed by atoms with Gasteiger partial charge in [-0.2, -0.15) is 23.5 Å². The van der Waals surface area contributed by atoms with Crippen LogP contribution in [0.25, 0.3) is 16.8 Å². The van der Waals surface area contributed by atoms with Crippen molar-refractivity contribution in [1.29, 1.82) is 5.26 Å². The summed E-state index contributed by atoms with van der Waals surface area (Å²) < 4.78 is 42.9. The van der Waals surface area contributed by atoms with Crippen molar-refractivity contribution in [1.82, 2.24) is 9.78 Å². The van der Waals surface area contributed by atoms with Crippen molar-refractivity contribution in [3.05, 3.63) is 107 Å². The molecule has 0 spiro atoms. The van der Waals surface area contributed by atoms with Crippen molar-refractivity contribution < 1.29 is 18.0 Å². The number of nitrogens with two attached hydrogens (primary N) is 1. The first-order valence-electron chi connectivity index (χ1n) is 9.91. The molecule has 0 radical (unpaired) electrons. The van der Waals surface area contributed by atoms with E-state index in [1.807, 2.05) is 36.4 Å². The molecule has 0 fully saturated rings. The number of hydrogen-bond donors (Lipinski definition) is 1. The van der Waals surface area contributed by atoms with Crippen LogP contribution < -0.4 is 5.73 Å². The summed E-state index contributed by atoms with van der Waals surface area (Å²) in [6.07, 6.45) is -4.34. The number of nitriles is 1. The van der Waals surface area contributed by atoms with Gasteiger partial charge in [0.2, 0.25) is 0 Å². The van der Waals surface area contributed by atoms with Crippen LogP contribution in [0.5, 0.6) is 0 Å². The van der Waals surface area contributed by atoms with Crippen LogP contribution in [0.3, 0.4) is 0 Å². The molecule has 0 aliphatic heterocycles. The first-order valence-corrected chi connectivity index (χ1v) is 9.91. The van der Waals surface area contributed by atoms with Gasteiger partial charge in [-0.3, -0.25) is 4.79 Å². The second-order valence-corrected chi connectivity index (χ2v) is 7.37. The zero-order valence-electron chi connectivity index (χ0n) is 17.2. The van der Waals surface area contributed by atoms with Crippen molar-refractivity contribution in [2.45, 2.75) is 12.6 Å². The number of amides is 1. The molecule has 0 aliphatic rings. The van der Waals surface area contributed by atoms with Crippen LogP contribution in [0.2, 0.25) is 0 Å². The van der Waals surface area contributed by atoms with Gasteiger partial charge in [0.05, 0.1) is 17.3 Å². The Hall–Kier alpha value is -4.38. The number of nitrogens with zero attached hydrogens (tertiary/aromatic N) is 3. The highest BCUT2D eigenvalue weighted by molar-refractivity contribution is 5.99. The molecule has 0 unspecified atom stereocenters. The molecule has 8 heteroatoms. The number of carbonyl (C=O) groups excluding carboxylic acids is 1. The summed E-state index contributed by atoms with van der Waals surface area (Å²) in [7, 11) is 0. The molecule has 1 aromatic heterocycles. The highest BCUT2D eigenvalue weighted by Crippen LogP contribution is 2.39. The third-order valence-corrected chi connectivity index (χ3v) is 5.07. The van der Waals surface area contributed by atoms with E-state index >= 15 is 0 Å². The number of rotatable bonds is 5. The van der Waals surface area contributed by atoms with Gasteiger partial charge >= 0.3 is 6.18 Å². The normalized spacial score (nSPS) is 11.2.